The van der Waals surface area contributed by atoms with Gasteiger partial charge in [0.15, 0.2) is 0 Å². The number of ether oxygens (including phenoxy) is 2. The maximum Gasteiger partial charge on any atom is 0.268 e. The molecule has 2 aromatic carbocycles. The number of amides is 2. The lowest BCUT2D eigenvalue weighted by atomic mass is 10.2. The van der Waals surface area contributed by atoms with Crippen LogP contribution in [0.15, 0.2) is 83.1 Å². The summed E-state index contributed by atoms with van der Waals surface area (Å²) in [5.74, 6) is 0.990. The molecule has 0 spiro atoms. The topological polar surface area (TPSA) is 89.8 Å². The molecule has 0 aliphatic carbocycles. The zero-order chi connectivity index (χ0) is 22.1. The highest BCUT2D eigenvalue weighted by Crippen LogP contribution is 2.17. The van der Waals surface area contributed by atoms with Gasteiger partial charge in [0.1, 0.15) is 29.6 Å². The number of carbonyl (C=O) groups excluding carboxylic acids is 2. The van der Waals surface area contributed by atoms with Gasteiger partial charge in [0.2, 0.25) is 0 Å². The first kappa shape index (κ1) is 21.7. The summed E-state index contributed by atoms with van der Waals surface area (Å²) in [7, 11) is 1.60. The molecule has 0 aliphatic heterocycles. The van der Waals surface area contributed by atoms with E-state index in [1.54, 1.807) is 67.8 Å². The van der Waals surface area contributed by atoms with E-state index in [1.165, 1.54) is 12.3 Å². The molecule has 1 atom stereocenters. The first-order valence-electron chi connectivity index (χ1n) is 9.74. The third-order valence-corrected chi connectivity index (χ3v) is 4.30. The normalized spacial score (nSPS) is 12.0. The van der Waals surface area contributed by atoms with Crippen LogP contribution < -0.4 is 20.1 Å². The van der Waals surface area contributed by atoms with E-state index in [9.17, 15) is 9.59 Å². The van der Waals surface area contributed by atoms with Crippen LogP contribution >= 0.6 is 0 Å². The van der Waals surface area contributed by atoms with Crippen LogP contribution in [0.1, 0.15) is 23.0 Å². The van der Waals surface area contributed by atoms with E-state index in [2.05, 4.69) is 10.6 Å². The first-order chi connectivity index (χ1) is 15.0. The largest absolute Gasteiger partial charge is 0.497 e. The van der Waals surface area contributed by atoms with Crippen molar-refractivity contribution in [3.05, 3.63) is 90.0 Å². The Morgan fingerprint density at radius 3 is 2.35 bits per heavy atom. The van der Waals surface area contributed by atoms with Crippen LogP contribution in [0.4, 0.5) is 0 Å². The number of carbonyl (C=O) groups is 2. The van der Waals surface area contributed by atoms with E-state index in [-0.39, 0.29) is 18.3 Å². The van der Waals surface area contributed by atoms with E-state index < -0.39 is 11.8 Å². The highest BCUT2D eigenvalue weighted by atomic mass is 16.5. The number of hydrogen-bond acceptors (Lipinski definition) is 5. The third kappa shape index (κ3) is 6.50. The van der Waals surface area contributed by atoms with Gasteiger partial charge >= 0.3 is 0 Å². The number of furan rings is 1. The molecule has 0 radical (unpaired) electrons. The fourth-order valence-corrected chi connectivity index (χ4v) is 2.69. The van der Waals surface area contributed by atoms with Crippen molar-refractivity contribution in [3.8, 4) is 11.5 Å². The van der Waals surface area contributed by atoms with Gasteiger partial charge in [-0.2, -0.15) is 0 Å². The van der Waals surface area contributed by atoms with Crippen molar-refractivity contribution in [2.24, 2.45) is 0 Å². The van der Waals surface area contributed by atoms with Gasteiger partial charge < -0.3 is 24.5 Å². The molecule has 3 rings (SSSR count). The molecular formula is C24H24N2O5. The average molecular weight is 420 g/mol. The van der Waals surface area contributed by atoms with Crippen LogP contribution in [0.2, 0.25) is 0 Å². The molecule has 7 heteroatoms. The third-order valence-electron chi connectivity index (χ3n) is 4.30. The summed E-state index contributed by atoms with van der Waals surface area (Å²) in [6.07, 6.45) is 2.97. The molecule has 1 unspecified atom stereocenters. The number of rotatable bonds is 9. The van der Waals surface area contributed by atoms with Crippen LogP contribution in [-0.2, 0) is 4.79 Å². The molecule has 2 N–H and O–H groups in total. The Kier molecular flexibility index (Phi) is 7.48. The smallest absolute Gasteiger partial charge is 0.268 e. The molecule has 7 nitrogen and oxygen atoms in total. The SMILES string of the molecule is COc1ccc(OCC(C)NC(=O)/C(=C/c2ccco2)NC(=O)c2ccccc2)cc1. The summed E-state index contributed by atoms with van der Waals surface area (Å²) in [4.78, 5) is 25.4. The van der Waals surface area contributed by atoms with Gasteiger partial charge in [-0.15, -0.1) is 0 Å². The highest BCUT2D eigenvalue weighted by Gasteiger charge is 2.17. The molecule has 1 heterocycles. The Balaban J connectivity index is 1.64. The Bertz CT molecular complexity index is 1010. The second-order valence-electron chi connectivity index (χ2n) is 6.75. The fraction of sp³-hybridized carbons (Fsp3) is 0.167. The predicted octanol–water partition coefficient (Wildman–Crippen LogP) is 3.64. The van der Waals surface area contributed by atoms with Gasteiger partial charge in [0.05, 0.1) is 19.4 Å². The summed E-state index contributed by atoms with van der Waals surface area (Å²) >= 11 is 0. The Morgan fingerprint density at radius 1 is 1.00 bits per heavy atom. The molecule has 0 bridgehead atoms. The van der Waals surface area contributed by atoms with E-state index in [1.807, 2.05) is 13.0 Å². The zero-order valence-electron chi connectivity index (χ0n) is 17.3. The van der Waals surface area contributed by atoms with Gasteiger partial charge in [-0.3, -0.25) is 9.59 Å². The quantitative estimate of drug-likeness (QED) is 0.516. The van der Waals surface area contributed by atoms with Crippen LogP contribution in [-0.4, -0.2) is 31.6 Å². The summed E-state index contributed by atoms with van der Waals surface area (Å²) in [6, 6.07) is 18.9. The van der Waals surface area contributed by atoms with E-state index in [4.69, 9.17) is 13.9 Å². The van der Waals surface area contributed by atoms with Crippen molar-refractivity contribution in [1.29, 1.82) is 0 Å². The summed E-state index contributed by atoms with van der Waals surface area (Å²) in [5.41, 5.74) is 0.511. The van der Waals surface area contributed by atoms with Gasteiger partial charge in [0, 0.05) is 11.6 Å². The second kappa shape index (κ2) is 10.7. The molecule has 1 aromatic heterocycles. The monoisotopic (exact) mass is 420 g/mol. The van der Waals surface area contributed by atoms with Gasteiger partial charge in [0.25, 0.3) is 11.8 Å². The van der Waals surface area contributed by atoms with Crippen molar-refractivity contribution in [3.63, 3.8) is 0 Å². The number of methoxy groups -OCH3 is 1. The van der Waals surface area contributed by atoms with Crippen molar-refractivity contribution in [2.75, 3.05) is 13.7 Å². The fourth-order valence-electron chi connectivity index (χ4n) is 2.69. The lowest BCUT2D eigenvalue weighted by molar-refractivity contribution is -0.118. The van der Waals surface area contributed by atoms with Crippen LogP contribution in [0.25, 0.3) is 6.08 Å². The molecule has 0 saturated carbocycles. The van der Waals surface area contributed by atoms with Crippen molar-refractivity contribution >= 4 is 17.9 Å². The summed E-state index contributed by atoms with van der Waals surface area (Å²) in [6.45, 7) is 2.06. The Labute approximate surface area is 180 Å². The maximum atomic E-state index is 12.8. The summed E-state index contributed by atoms with van der Waals surface area (Å²) < 4.78 is 16.1. The van der Waals surface area contributed by atoms with Gasteiger partial charge in [-0.05, 0) is 55.5 Å². The minimum Gasteiger partial charge on any atom is -0.497 e. The number of nitrogens with one attached hydrogen (secondary N) is 2. The molecular weight excluding hydrogens is 396 g/mol. The average Bonchev–Trinajstić information content (AvgIpc) is 3.31. The van der Waals surface area contributed by atoms with Gasteiger partial charge in [-0.25, -0.2) is 0 Å². The molecule has 160 valence electrons. The second-order valence-corrected chi connectivity index (χ2v) is 6.75. The maximum absolute atomic E-state index is 12.8. The zero-order valence-corrected chi connectivity index (χ0v) is 17.3. The lowest BCUT2D eigenvalue weighted by Gasteiger charge is -2.17. The first-order valence-corrected chi connectivity index (χ1v) is 9.74. The molecule has 31 heavy (non-hydrogen) atoms. The molecule has 0 aliphatic rings. The molecule has 2 amide bonds. The minimum absolute atomic E-state index is 0.0695. The van der Waals surface area contributed by atoms with Crippen molar-refractivity contribution < 1.29 is 23.5 Å². The minimum atomic E-state index is -0.452. The van der Waals surface area contributed by atoms with Crippen LogP contribution in [0.5, 0.6) is 11.5 Å². The Morgan fingerprint density at radius 2 is 1.71 bits per heavy atom. The molecule has 3 aromatic rings. The predicted molar refractivity (Wildman–Crippen MR) is 117 cm³/mol. The van der Waals surface area contributed by atoms with Crippen molar-refractivity contribution in [1.82, 2.24) is 10.6 Å². The van der Waals surface area contributed by atoms with Crippen LogP contribution in [0, 0.1) is 0 Å². The molecule has 0 fully saturated rings. The van der Waals surface area contributed by atoms with E-state index in [0.29, 0.717) is 17.1 Å². The standard InChI is InChI=1S/C24H24N2O5/c1-17(16-31-20-12-10-19(29-2)11-13-20)25-24(28)22(15-21-9-6-14-30-21)26-23(27)18-7-4-3-5-8-18/h3-15,17H,16H2,1-2H3,(H,25,28)(H,26,27)/b22-15-. The highest BCUT2D eigenvalue weighted by molar-refractivity contribution is 6.05. The lowest BCUT2D eigenvalue weighted by Crippen LogP contribution is -2.41. The van der Waals surface area contributed by atoms with E-state index in [0.717, 1.165) is 5.75 Å². The number of hydrogen-bond donors (Lipinski definition) is 2. The molecule has 0 saturated heterocycles. The summed E-state index contributed by atoms with van der Waals surface area (Å²) in [5, 5.41) is 5.49. The van der Waals surface area contributed by atoms with E-state index >= 15 is 0 Å². The number of benzene rings is 2. The van der Waals surface area contributed by atoms with Crippen molar-refractivity contribution in [2.45, 2.75) is 13.0 Å². The Hall–Kier alpha value is -4.00. The van der Waals surface area contributed by atoms with Gasteiger partial charge in [-0.1, -0.05) is 18.2 Å². The van der Waals surface area contributed by atoms with Crippen LogP contribution in [0.3, 0.4) is 0 Å².